The second-order valence-corrected chi connectivity index (χ2v) is 7.44. The van der Waals surface area contributed by atoms with Crippen LogP contribution in [0, 0.1) is 6.92 Å². The van der Waals surface area contributed by atoms with Crippen LogP contribution in [0.3, 0.4) is 0 Å². The van der Waals surface area contributed by atoms with Crippen molar-refractivity contribution in [1.82, 2.24) is 9.55 Å². The Morgan fingerprint density at radius 3 is 2.74 bits per heavy atom. The van der Waals surface area contributed by atoms with Crippen molar-refractivity contribution in [3.63, 3.8) is 0 Å². The lowest BCUT2D eigenvalue weighted by molar-refractivity contribution is -0.149. The fourth-order valence-electron chi connectivity index (χ4n) is 3.12. The fourth-order valence-corrected chi connectivity index (χ4v) is 4.15. The average molecular weight is 394 g/mol. The van der Waals surface area contributed by atoms with Crippen molar-refractivity contribution in [1.29, 1.82) is 0 Å². The van der Waals surface area contributed by atoms with E-state index in [4.69, 9.17) is 14.2 Å². The van der Waals surface area contributed by atoms with Gasteiger partial charge >= 0.3 is 11.9 Å². The maximum Gasteiger partial charge on any atom is 0.348 e. The summed E-state index contributed by atoms with van der Waals surface area (Å²) in [4.78, 5) is 42.1. The van der Waals surface area contributed by atoms with Crippen LogP contribution in [0.5, 0.6) is 0 Å². The Labute approximate surface area is 160 Å². The number of hydrogen-bond acceptors (Lipinski definition) is 8. The quantitative estimate of drug-likeness (QED) is 0.524. The zero-order valence-electron chi connectivity index (χ0n) is 15.4. The van der Waals surface area contributed by atoms with Crippen LogP contribution in [-0.4, -0.2) is 47.9 Å². The number of aryl methyl sites for hydroxylation is 1. The van der Waals surface area contributed by atoms with Gasteiger partial charge in [0.05, 0.1) is 18.3 Å². The highest BCUT2D eigenvalue weighted by Gasteiger charge is 2.22. The lowest BCUT2D eigenvalue weighted by Gasteiger charge is -2.12. The smallest absolute Gasteiger partial charge is 0.348 e. The van der Waals surface area contributed by atoms with Crippen molar-refractivity contribution in [2.24, 2.45) is 0 Å². The Morgan fingerprint density at radius 1 is 1.30 bits per heavy atom. The van der Waals surface area contributed by atoms with Crippen LogP contribution in [0.4, 0.5) is 0 Å². The molecular weight excluding hydrogens is 372 g/mol. The number of carbonyl (C=O) groups is 2. The molecule has 1 aliphatic rings. The molecular formula is C18H22N2O6S. The lowest BCUT2D eigenvalue weighted by Crippen LogP contribution is -2.27. The van der Waals surface area contributed by atoms with E-state index >= 15 is 0 Å². The summed E-state index contributed by atoms with van der Waals surface area (Å²) in [7, 11) is 1.52. The Balaban J connectivity index is 1.79. The second-order valence-electron chi connectivity index (χ2n) is 6.44. The summed E-state index contributed by atoms with van der Waals surface area (Å²) in [6.45, 7) is 1.91. The molecule has 0 aromatic carbocycles. The summed E-state index contributed by atoms with van der Waals surface area (Å²) < 4.78 is 16.6. The SMILES string of the molecule is COCCOC(=O)c1sc2ncn(CC(=O)OC3CCCC3)c(=O)c2c1C. The number of hydrogen-bond donors (Lipinski definition) is 0. The van der Waals surface area contributed by atoms with Crippen LogP contribution in [0.1, 0.15) is 40.9 Å². The molecule has 1 fully saturated rings. The third-order valence-electron chi connectivity index (χ3n) is 4.52. The van der Waals surface area contributed by atoms with Crippen molar-refractivity contribution in [3.05, 3.63) is 27.1 Å². The van der Waals surface area contributed by atoms with Gasteiger partial charge in [-0.2, -0.15) is 0 Å². The number of carbonyl (C=O) groups excluding carboxylic acids is 2. The number of ether oxygens (including phenoxy) is 3. The highest BCUT2D eigenvalue weighted by atomic mass is 32.1. The van der Waals surface area contributed by atoms with Gasteiger partial charge in [-0.3, -0.25) is 14.2 Å². The molecule has 27 heavy (non-hydrogen) atoms. The molecule has 0 saturated heterocycles. The monoisotopic (exact) mass is 394 g/mol. The van der Waals surface area contributed by atoms with Crippen LogP contribution in [-0.2, 0) is 25.5 Å². The molecule has 2 aromatic rings. The largest absolute Gasteiger partial charge is 0.461 e. The van der Waals surface area contributed by atoms with Gasteiger partial charge in [-0.15, -0.1) is 11.3 Å². The molecule has 3 rings (SSSR count). The van der Waals surface area contributed by atoms with E-state index in [1.165, 1.54) is 18.0 Å². The van der Waals surface area contributed by atoms with Crippen LogP contribution in [0.15, 0.2) is 11.1 Å². The van der Waals surface area contributed by atoms with Gasteiger partial charge in [0.2, 0.25) is 0 Å². The summed E-state index contributed by atoms with van der Waals surface area (Å²) in [6.07, 6.45) is 5.12. The molecule has 0 spiro atoms. The normalized spacial score (nSPS) is 14.6. The Morgan fingerprint density at radius 2 is 2.04 bits per heavy atom. The second kappa shape index (κ2) is 8.62. The summed E-state index contributed by atoms with van der Waals surface area (Å²) >= 11 is 1.10. The summed E-state index contributed by atoms with van der Waals surface area (Å²) in [5.74, 6) is -0.962. The van der Waals surface area contributed by atoms with Crippen LogP contribution in [0.2, 0.25) is 0 Å². The highest BCUT2D eigenvalue weighted by Crippen LogP contribution is 2.27. The Hall–Kier alpha value is -2.26. The Bertz CT molecular complexity index is 897. The van der Waals surface area contributed by atoms with Gasteiger partial charge in [0.25, 0.3) is 5.56 Å². The van der Waals surface area contributed by atoms with Gasteiger partial charge in [0.1, 0.15) is 29.0 Å². The summed E-state index contributed by atoms with van der Waals surface area (Å²) in [5.41, 5.74) is 0.140. The predicted molar refractivity (Wildman–Crippen MR) is 99.1 cm³/mol. The van der Waals surface area contributed by atoms with E-state index in [1.54, 1.807) is 6.92 Å². The Kier molecular flexibility index (Phi) is 6.22. The predicted octanol–water partition coefficient (Wildman–Crippen LogP) is 2.06. The van der Waals surface area contributed by atoms with E-state index < -0.39 is 11.9 Å². The molecule has 0 unspecified atom stereocenters. The van der Waals surface area contributed by atoms with Gasteiger partial charge in [-0.25, -0.2) is 9.78 Å². The third kappa shape index (κ3) is 4.36. The van der Waals surface area contributed by atoms with E-state index in [0.717, 1.165) is 37.0 Å². The number of aromatic nitrogens is 2. The van der Waals surface area contributed by atoms with E-state index in [9.17, 15) is 14.4 Å². The number of nitrogens with zero attached hydrogens (tertiary/aromatic N) is 2. The molecule has 1 aliphatic carbocycles. The van der Waals surface area contributed by atoms with Gasteiger partial charge in [-0.05, 0) is 38.2 Å². The van der Waals surface area contributed by atoms with Crippen molar-refractivity contribution < 1.29 is 23.8 Å². The molecule has 8 nitrogen and oxygen atoms in total. The number of fused-ring (bicyclic) bond motifs is 1. The number of rotatable bonds is 7. The first kappa shape index (κ1) is 19.5. The minimum absolute atomic E-state index is 0.0544. The summed E-state index contributed by atoms with van der Waals surface area (Å²) in [5, 5.41) is 0.329. The molecule has 9 heteroatoms. The molecule has 0 atom stereocenters. The van der Waals surface area contributed by atoms with Crippen molar-refractivity contribution in [2.75, 3.05) is 20.3 Å². The van der Waals surface area contributed by atoms with Gasteiger partial charge in [-0.1, -0.05) is 0 Å². The molecule has 146 valence electrons. The molecule has 1 saturated carbocycles. The first-order valence-electron chi connectivity index (χ1n) is 8.85. The van der Waals surface area contributed by atoms with Gasteiger partial charge in [0.15, 0.2) is 0 Å². The van der Waals surface area contributed by atoms with Gasteiger partial charge in [0, 0.05) is 7.11 Å². The molecule has 0 bridgehead atoms. The van der Waals surface area contributed by atoms with Crippen LogP contribution in [0.25, 0.3) is 10.2 Å². The first-order chi connectivity index (χ1) is 13.0. The zero-order valence-corrected chi connectivity index (χ0v) is 16.2. The number of thiophene rings is 1. The van der Waals surface area contributed by atoms with E-state index in [-0.39, 0.29) is 24.8 Å². The molecule has 0 aliphatic heterocycles. The van der Waals surface area contributed by atoms with Crippen molar-refractivity contribution in [3.8, 4) is 0 Å². The van der Waals surface area contributed by atoms with Crippen molar-refractivity contribution in [2.45, 2.75) is 45.3 Å². The fraction of sp³-hybridized carbons (Fsp3) is 0.556. The van der Waals surface area contributed by atoms with Gasteiger partial charge < -0.3 is 14.2 Å². The number of esters is 2. The van der Waals surface area contributed by atoms with Crippen LogP contribution >= 0.6 is 11.3 Å². The zero-order chi connectivity index (χ0) is 19.4. The summed E-state index contributed by atoms with van der Waals surface area (Å²) in [6, 6.07) is 0. The van der Waals surface area contributed by atoms with Crippen LogP contribution < -0.4 is 5.56 Å². The molecule has 0 radical (unpaired) electrons. The van der Waals surface area contributed by atoms with E-state index in [2.05, 4.69) is 4.98 Å². The minimum Gasteiger partial charge on any atom is -0.461 e. The third-order valence-corrected chi connectivity index (χ3v) is 5.70. The maximum atomic E-state index is 12.8. The molecule has 2 heterocycles. The van der Waals surface area contributed by atoms with E-state index in [1.807, 2.05) is 0 Å². The molecule has 0 N–H and O–H groups in total. The van der Waals surface area contributed by atoms with E-state index in [0.29, 0.717) is 27.3 Å². The topological polar surface area (TPSA) is 96.7 Å². The highest BCUT2D eigenvalue weighted by molar-refractivity contribution is 7.20. The maximum absolute atomic E-state index is 12.8. The van der Waals surface area contributed by atoms with Crippen molar-refractivity contribution >= 4 is 33.5 Å². The number of methoxy groups -OCH3 is 1. The minimum atomic E-state index is -0.515. The molecule has 0 amide bonds. The average Bonchev–Trinajstić information content (AvgIpc) is 3.25. The molecule has 2 aromatic heterocycles. The standard InChI is InChI=1S/C18H22N2O6S/c1-11-14-16(27-15(11)18(23)25-8-7-24-2)19-10-20(17(14)22)9-13(21)26-12-5-3-4-6-12/h10,12H,3-9H2,1-2H3. The first-order valence-corrected chi connectivity index (χ1v) is 9.67. The lowest BCUT2D eigenvalue weighted by atomic mass is 10.2.